The lowest BCUT2D eigenvalue weighted by Gasteiger charge is -2.18. The largest absolute Gasteiger partial charge is 0.391 e. The molecule has 1 N–H and O–H groups in total. The van der Waals surface area contributed by atoms with Crippen molar-refractivity contribution in [2.45, 2.75) is 18.9 Å². The van der Waals surface area contributed by atoms with Crippen LogP contribution in [0.15, 0.2) is 24.3 Å². The van der Waals surface area contributed by atoms with E-state index in [1.165, 1.54) is 14.1 Å². The normalized spacial score (nSPS) is 21.0. The van der Waals surface area contributed by atoms with E-state index in [4.69, 9.17) is 0 Å². The number of rotatable bonds is 6. The van der Waals surface area contributed by atoms with Gasteiger partial charge in [-0.25, -0.2) is 17.7 Å². The van der Waals surface area contributed by atoms with E-state index >= 15 is 0 Å². The summed E-state index contributed by atoms with van der Waals surface area (Å²) in [5.74, 6) is -0.676. The molecule has 2 atom stereocenters. The van der Waals surface area contributed by atoms with Crippen LogP contribution in [0.1, 0.15) is 11.4 Å². The number of benzene rings is 1. The minimum absolute atomic E-state index is 0.0759. The summed E-state index contributed by atoms with van der Waals surface area (Å²) in [6.45, 7) is 0.458. The lowest BCUT2D eigenvalue weighted by molar-refractivity contribution is -0.130. The van der Waals surface area contributed by atoms with Gasteiger partial charge in [-0.3, -0.25) is 4.79 Å². The van der Waals surface area contributed by atoms with E-state index in [-0.39, 0.29) is 24.7 Å². The van der Waals surface area contributed by atoms with E-state index in [0.29, 0.717) is 12.8 Å². The van der Waals surface area contributed by atoms with Gasteiger partial charge in [-0.15, -0.1) is 11.3 Å². The average Bonchev–Trinajstić information content (AvgIpc) is 3.15. The molecule has 1 amide bonds. The lowest BCUT2D eigenvalue weighted by Crippen LogP contribution is -2.33. The van der Waals surface area contributed by atoms with Crippen LogP contribution in [0.25, 0.3) is 10.2 Å². The van der Waals surface area contributed by atoms with Crippen molar-refractivity contribution < 1.29 is 18.3 Å². The molecule has 0 aliphatic carbocycles. The number of amides is 1. The van der Waals surface area contributed by atoms with Crippen LogP contribution in [0.2, 0.25) is 0 Å². The molecule has 0 radical (unpaired) electrons. The highest BCUT2D eigenvalue weighted by molar-refractivity contribution is 7.89. The number of sulfonamides is 1. The Morgan fingerprint density at radius 3 is 2.77 bits per heavy atom. The summed E-state index contributed by atoms with van der Waals surface area (Å²) in [7, 11) is -0.467. The van der Waals surface area contributed by atoms with Crippen LogP contribution >= 0.6 is 11.3 Å². The highest BCUT2D eigenvalue weighted by Gasteiger charge is 2.37. The molecule has 1 saturated heterocycles. The molecule has 3 rings (SSSR count). The van der Waals surface area contributed by atoms with E-state index in [0.717, 1.165) is 19.5 Å². The molecule has 1 aromatic carbocycles. The van der Waals surface area contributed by atoms with Gasteiger partial charge in [-0.05, 0) is 12.1 Å². The van der Waals surface area contributed by atoms with Crippen molar-refractivity contribution in [2.24, 2.45) is 5.92 Å². The maximum atomic E-state index is 12.5. The van der Waals surface area contributed by atoms with Crippen molar-refractivity contribution in [3.8, 4) is 0 Å². The van der Waals surface area contributed by atoms with E-state index in [1.54, 1.807) is 16.2 Å². The quantitative estimate of drug-likeness (QED) is 0.783. The van der Waals surface area contributed by atoms with Crippen molar-refractivity contribution in [2.75, 3.05) is 32.9 Å². The molecular formula is C17H23N3O4S2. The fourth-order valence-corrected chi connectivity index (χ4v) is 5.17. The van der Waals surface area contributed by atoms with Crippen molar-refractivity contribution in [1.82, 2.24) is 14.2 Å². The number of para-hydroxylation sites is 1. The Morgan fingerprint density at radius 2 is 2.08 bits per heavy atom. The number of thiazole rings is 1. The molecule has 2 aromatic rings. The lowest BCUT2D eigenvalue weighted by atomic mass is 10.1. The van der Waals surface area contributed by atoms with Crippen molar-refractivity contribution in [3.63, 3.8) is 0 Å². The number of nitrogens with zero attached hydrogens (tertiary/aromatic N) is 3. The van der Waals surface area contributed by atoms with Crippen molar-refractivity contribution >= 4 is 37.5 Å². The topological polar surface area (TPSA) is 90.8 Å². The number of carbonyl (C=O) groups excluding carboxylic acids is 1. The second kappa shape index (κ2) is 7.59. The molecule has 26 heavy (non-hydrogen) atoms. The van der Waals surface area contributed by atoms with Gasteiger partial charge in [0.1, 0.15) is 0 Å². The van der Waals surface area contributed by atoms with Crippen LogP contribution in [-0.2, 0) is 21.2 Å². The fraction of sp³-hybridized carbons (Fsp3) is 0.529. The summed E-state index contributed by atoms with van der Waals surface area (Å²) in [4.78, 5) is 18.5. The predicted octanol–water partition coefficient (Wildman–Crippen LogP) is 0.940. The zero-order valence-corrected chi connectivity index (χ0v) is 16.5. The number of carbonyl (C=O) groups is 1. The number of aryl methyl sites for hydroxylation is 1. The number of hydrogen-bond donors (Lipinski definition) is 1. The molecule has 0 saturated carbocycles. The number of aromatic nitrogens is 1. The number of aliphatic hydroxyl groups is 1. The average molecular weight is 398 g/mol. The van der Waals surface area contributed by atoms with E-state index in [9.17, 15) is 18.3 Å². The van der Waals surface area contributed by atoms with Crippen LogP contribution in [-0.4, -0.2) is 72.7 Å². The second-order valence-corrected chi connectivity index (χ2v) is 10.1. The van der Waals surface area contributed by atoms with Gasteiger partial charge < -0.3 is 10.0 Å². The van der Waals surface area contributed by atoms with Crippen LogP contribution in [0.4, 0.5) is 0 Å². The summed E-state index contributed by atoms with van der Waals surface area (Å²) in [6.07, 6.45) is 0.0432. The van der Waals surface area contributed by atoms with E-state index in [1.807, 2.05) is 24.3 Å². The molecule has 0 unspecified atom stereocenters. The van der Waals surface area contributed by atoms with Gasteiger partial charge in [0.15, 0.2) is 0 Å². The number of aliphatic hydroxyl groups excluding tert-OH is 1. The summed E-state index contributed by atoms with van der Waals surface area (Å²) in [5, 5.41) is 11.1. The number of likely N-dealkylation sites (tertiary alicyclic amines) is 1. The maximum Gasteiger partial charge on any atom is 0.223 e. The molecule has 9 heteroatoms. The van der Waals surface area contributed by atoms with Crippen molar-refractivity contribution in [3.05, 3.63) is 29.3 Å². The number of hydrogen-bond acceptors (Lipinski definition) is 6. The molecule has 0 spiro atoms. The van der Waals surface area contributed by atoms with Gasteiger partial charge >= 0.3 is 0 Å². The van der Waals surface area contributed by atoms with Gasteiger partial charge in [-0.1, -0.05) is 12.1 Å². The highest BCUT2D eigenvalue weighted by Crippen LogP contribution is 2.24. The Morgan fingerprint density at radius 1 is 1.35 bits per heavy atom. The predicted molar refractivity (Wildman–Crippen MR) is 101 cm³/mol. The second-order valence-electron chi connectivity index (χ2n) is 6.76. The third kappa shape index (κ3) is 4.22. The molecule has 0 bridgehead atoms. The van der Waals surface area contributed by atoms with Crippen LogP contribution in [0, 0.1) is 5.92 Å². The molecule has 1 aromatic heterocycles. The third-order valence-corrected chi connectivity index (χ3v) is 7.69. The fourth-order valence-electron chi connectivity index (χ4n) is 3.04. The summed E-state index contributed by atoms with van der Waals surface area (Å²) in [6, 6.07) is 7.85. The van der Waals surface area contributed by atoms with Gasteiger partial charge in [0, 0.05) is 45.9 Å². The van der Waals surface area contributed by atoms with Gasteiger partial charge in [0.25, 0.3) is 0 Å². The van der Waals surface area contributed by atoms with Gasteiger partial charge in [0.05, 0.1) is 27.1 Å². The molecule has 1 fully saturated rings. The number of β-amino-alcohol motifs (C(OH)–C–C–N with tert-alkyl or cyclic N) is 1. The smallest absolute Gasteiger partial charge is 0.223 e. The highest BCUT2D eigenvalue weighted by atomic mass is 32.2. The van der Waals surface area contributed by atoms with E-state index < -0.39 is 22.0 Å². The number of fused-ring (bicyclic) bond motifs is 1. The van der Waals surface area contributed by atoms with Crippen LogP contribution < -0.4 is 0 Å². The first-order valence-electron chi connectivity index (χ1n) is 8.47. The standard InChI is InChI=1S/C17H23N3O4S2/c1-19(2)26(23,24)11-12-9-20(10-14(12)21)17(22)8-7-16-18-13-5-3-4-6-15(13)25-16/h3-6,12,14,21H,7-11H2,1-2H3/t12-,14-/m0/s1. The first kappa shape index (κ1) is 19.2. The molecule has 1 aliphatic rings. The van der Waals surface area contributed by atoms with Crippen LogP contribution in [0.3, 0.4) is 0 Å². The summed E-state index contributed by atoms with van der Waals surface area (Å²) >= 11 is 1.58. The summed E-state index contributed by atoms with van der Waals surface area (Å²) in [5.41, 5.74) is 0.936. The Hall–Kier alpha value is -1.55. The minimum Gasteiger partial charge on any atom is -0.391 e. The first-order valence-corrected chi connectivity index (χ1v) is 10.9. The molecule has 142 valence electrons. The first-order chi connectivity index (χ1) is 12.3. The van der Waals surface area contributed by atoms with E-state index in [2.05, 4.69) is 4.98 Å². The Kier molecular flexibility index (Phi) is 5.61. The molecule has 2 heterocycles. The molecule has 1 aliphatic heterocycles. The van der Waals surface area contributed by atoms with Crippen LogP contribution in [0.5, 0.6) is 0 Å². The Bertz CT molecular complexity index is 861. The van der Waals surface area contributed by atoms with Gasteiger partial charge in [-0.2, -0.15) is 0 Å². The Labute approximate surface area is 157 Å². The maximum absolute atomic E-state index is 12.5. The SMILES string of the molecule is CN(C)S(=O)(=O)C[C@@H]1CN(C(=O)CCc2nc3ccccc3s2)C[C@@H]1O. The zero-order valence-electron chi connectivity index (χ0n) is 14.8. The van der Waals surface area contributed by atoms with Gasteiger partial charge in [0.2, 0.25) is 15.9 Å². The summed E-state index contributed by atoms with van der Waals surface area (Å²) < 4.78 is 26.3. The Balaban J connectivity index is 1.57. The molecular weight excluding hydrogens is 374 g/mol. The minimum atomic E-state index is -3.41. The third-order valence-electron chi connectivity index (χ3n) is 4.63. The molecule has 7 nitrogen and oxygen atoms in total. The zero-order chi connectivity index (χ0) is 18.9. The monoisotopic (exact) mass is 397 g/mol. The van der Waals surface area contributed by atoms with Crippen molar-refractivity contribution in [1.29, 1.82) is 0 Å².